The number of nitrogens with one attached hydrogen (secondary N) is 1. The van der Waals surface area contributed by atoms with Gasteiger partial charge in [0.05, 0.1) is 22.3 Å². The molecule has 3 rings (SSSR count). The molecule has 1 aliphatic rings. The zero-order chi connectivity index (χ0) is 18.2. The van der Waals surface area contributed by atoms with Crippen LogP contribution in [-0.4, -0.2) is 21.2 Å². The second-order valence-corrected chi connectivity index (χ2v) is 8.49. The van der Waals surface area contributed by atoms with Crippen LogP contribution in [0.25, 0.3) is 0 Å². The fourth-order valence-corrected chi connectivity index (χ4v) is 3.82. The lowest BCUT2D eigenvalue weighted by Gasteiger charge is -2.26. The number of nitrogens with zero attached hydrogens (tertiary/aromatic N) is 2. The number of anilines is 1. The summed E-state index contributed by atoms with van der Waals surface area (Å²) in [5, 5.41) is 4.02. The molecule has 0 fully saturated rings. The van der Waals surface area contributed by atoms with Crippen molar-refractivity contribution in [2.24, 2.45) is 5.92 Å². The molecule has 0 aliphatic carbocycles. The Bertz CT molecular complexity index is 873. The largest absolute Gasteiger partial charge is 0.324 e. The maximum atomic E-state index is 12.5. The van der Waals surface area contributed by atoms with Gasteiger partial charge in [-0.3, -0.25) is 14.2 Å². The predicted octanol–water partition coefficient (Wildman–Crippen LogP) is 3.55. The van der Waals surface area contributed by atoms with E-state index in [0.717, 1.165) is 5.69 Å². The molecule has 1 N–H and O–H groups in total. The van der Waals surface area contributed by atoms with Crippen molar-refractivity contribution in [3.8, 4) is 0 Å². The molecule has 1 aromatic heterocycles. The third-order valence-corrected chi connectivity index (χ3v) is 5.53. The van der Waals surface area contributed by atoms with Crippen molar-refractivity contribution in [3.05, 3.63) is 51.4 Å². The second-order valence-electron chi connectivity index (χ2n) is 7.10. The summed E-state index contributed by atoms with van der Waals surface area (Å²) in [5.41, 5.74) is 1.06. The summed E-state index contributed by atoms with van der Waals surface area (Å²) in [7, 11) is 0. The van der Waals surface area contributed by atoms with E-state index in [4.69, 9.17) is 11.6 Å². The van der Waals surface area contributed by atoms with Gasteiger partial charge in [0.15, 0.2) is 5.16 Å². The van der Waals surface area contributed by atoms with Gasteiger partial charge >= 0.3 is 0 Å². The highest BCUT2D eigenvalue weighted by Gasteiger charge is 2.28. The minimum absolute atomic E-state index is 0.113. The van der Waals surface area contributed by atoms with E-state index >= 15 is 0 Å². The average Bonchev–Trinajstić information content (AvgIpc) is 2.55. The highest BCUT2D eigenvalue weighted by atomic mass is 35.5. The van der Waals surface area contributed by atoms with Gasteiger partial charge in [-0.25, -0.2) is 4.98 Å². The van der Waals surface area contributed by atoms with Crippen LogP contribution in [0.4, 0.5) is 5.69 Å². The predicted molar refractivity (Wildman–Crippen MR) is 101 cm³/mol. The van der Waals surface area contributed by atoms with Crippen molar-refractivity contribution in [2.75, 3.05) is 11.1 Å². The van der Waals surface area contributed by atoms with Gasteiger partial charge in [-0.1, -0.05) is 56.3 Å². The molecule has 0 saturated carbocycles. The maximum absolute atomic E-state index is 12.5. The minimum atomic E-state index is -0.311. The molecule has 1 unspecified atom stereocenters. The van der Waals surface area contributed by atoms with E-state index in [0.29, 0.717) is 28.2 Å². The molecule has 2 heterocycles. The summed E-state index contributed by atoms with van der Waals surface area (Å²) < 4.78 is 1.58. The first-order valence-electron chi connectivity index (χ1n) is 8.06. The van der Waals surface area contributed by atoms with E-state index in [1.54, 1.807) is 22.8 Å². The number of rotatable bonds is 2. The molecule has 5 nitrogen and oxygen atoms in total. The van der Waals surface area contributed by atoms with E-state index in [1.165, 1.54) is 11.8 Å². The molecule has 0 saturated heterocycles. The van der Waals surface area contributed by atoms with Gasteiger partial charge in [0.25, 0.3) is 5.56 Å². The molecule has 0 radical (unpaired) electrons. The van der Waals surface area contributed by atoms with Crippen molar-refractivity contribution < 1.29 is 4.79 Å². The van der Waals surface area contributed by atoms with Crippen molar-refractivity contribution in [1.82, 2.24) is 9.55 Å². The van der Waals surface area contributed by atoms with Gasteiger partial charge in [-0.05, 0) is 12.1 Å². The SMILES string of the molecule is CC(C)(C)c1cc(=O)n2c(n1)SCC(C(=O)Nc1ccccc1Cl)C2. The lowest BCUT2D eigenvalue weighted by atomic mass is 9.92. The number of carbonyl (C=O) groups is 1. The molecule has 0 spiro atoms. The Morgan fingerprint density at radius 2 is 2.08 bits per heavy atom. The zero-order valence-electron chi connectivity index (χ0n) is 14.4. The monoisotopic (exact) mass is 377 g/mol. The molecule has 1 aromatic carbocycles. The fourth-order valence-electron chi connectivity index (χ4n) is 2.55. The second kappa shape index (κ2) is 6.84. The summed E-state index contributed by atoms with van der Waals surface area (Å²) in [4.78, 5) is 29.6. The van der Waals surface area contributed by atoms with Crippen LogP contribution >= 0.6 is 23.4 Å². The van der Waals surface area contributed by atoms with Crippen molar-refractivity contribution in [1.29, 1.82) is 0 Å². The quantitative estimate of drug-likeness (QED) is 0.813. The molecule has 0 bridgehead atoms. The molecule has 2 aromatic rings. The smallest absolute Gasteiger partial charge is 0.254 e. The third kappa shape index (κ3) is 3.90. The molecular formula is C18H20ClN3O2S. The number of para-hydroxylation sites is 1. The first-order valence-corrected chi connectivity index (χ1v) is 9.42. The Hall–Kier alpha value is -1.79. The van der Waals surface area contributed by atoms with E-state index < -0.39 is 0 Å². The lowest BCUT2D eigenvalue weighted by molar-refractivity contribution is -0.119. The number of amides is 1. The van der Waals surface area contributed by atoms with Crippen molar-refractivity contribution >= 4 is 35.0 Å². The molecule has 7 heteroatoms. The van der Waals surface area contributed by atoms with E-state index in [2.05, 4.69) is 10.3 Å². The van der Waals surface area contributed by atoms with E-state index in [-0.39, 0.29) is 22.8 Å². The molecule has 25 heavy (non-hydrogen) atoms. The highest BCUT2D eigenvalue weighted by Crippen LogP contribution is 2.29. The first-order chi connectivity index (χ1) is 11.8. The number of aromatic nitrogens is 2. The number of halogens is 1. The fraction of sp³-hybridized carbons (Fsp3) is 0.389. The van der Waals surface area contributed by atoms with Crippen molar-refractivity contribution in [2.45, 2.75) is 37.9 Å². The summed E-state index contributed by atoms with van der Waals surface area (Å²) in [6, 6.07) is 8.67. The number of thioether (sulfide) groups is 1. The van der Waals surface area contributed by atoms with Crippen LogP contribution in [0.15, 0.2) is 40.3 Å². The maximum Gasteiger partial charge on any atom is 0.254 e. The van der Waals surface area contributed by atoms with Gasteiger partial charge < -0.3 is 5.32 Å². The Morgan fingerprint density at radius 3 is 2.76 bits per heavy atom. The number of carbonyl (C=O) groups excluding carboxylic acids is 1. The Morgan fingerprint density at radius 1 is 1.36 bits per heavy atom. The summed E-state index contributed by atoms with van der Waals surface area (Å²) in [6.45, 7) is 6.41. The lowest BCUT2D eigenvalue weighted by Crippen LogP contribution is -2.37. The Balaban J connectivity index is 1.81. The van der Waals surface area contributed by atoms with Crippen LogP contribution in [0.5, 0.6) is 0 Å². The highest BCUT2D eigenvalue weighted by molar-refractivity contribution is 7.99. The van der Waals surface area contributed by atoms with Gasteiger partial charge in [-0.15, -0.1) is 0 Å². The summed E-state index contributed by atoms with van der Waals surface area (Å²) >= 11 is 7.53. The normalized spacial score (nSPS) is 17.0. The minimum Gasteiger partial charge on any atom is -0.324 e. The summed E-state index contributed by atoms with van der Waals surface area (Å²) in [6.07, 6.45) is 0. The van der Waals surface area contributed by atoms with Gasteiger partial charge in [-0.2, -0.15) is 0 Å². The molecule has 1 atom stereocenters. The number of hydrogen-bond donors (Lipinski definition) is 1. The molecule has 132 valence electrons. The topological polar surface area (TPSA) is 64.0 Å². The standard InChI is InChI=1S/C18H20ClN3O2S/c1-18(2,3)14-8-15(23)22-9-11(10-25-17(22)21-14)16(24)20-13-7-5-4-6-12(13)19/h4-8,11H,9-10H2,1-3H3,(H,20,24). The van der Waals surface area contributed by atoms with Crippen LogP contribution < -0.4 is 10.9 Å². The van der Waals surface area contributed by atoms with Gasteiger partial charge in [0.1, 0.15) is 0 Å². The van der Waals surface area contributed by atoms with Crippen LogP contribution in [0.1, 0.15) is 26.5 Å². The van der Waals surface area contributed by atoms with Crippen LogP contribution in [0.2, 0.25) is 5.02 Å². The van der Waals surface area contributed by atoms with Crippen LogP contribution in [0, 0.1) is 5.92 Å². The van der Waals surface area contributed by atoms with Gasteiger partial charge in [0, 0.05) is 23.8 Å². The summed E-state index contributed by atoms with van der Waals surface area (Å²) in [5.74, 6) is 0.128. The Labute approximate surface area is 155 Å². The molecule has 1 aliphatic heterocycles. The molecular weight excluding hydrogens is 358 g/mol. The Kier molecular flexibility index (Phi) is 4.93. The third-order valence-electron chi connectivity index (χ3n) is 4.06. The van der Waals surface area contributed by atoms with Crippen LogP contribution in [-0.2, 0) is 16.8 Å². The molecule has 1 amide bonds. The number of hydrogen-bond acceptors (Lipinski definition) is 4. The zero-order valence-corrected chi connectivity index (χ0v) is 15.9. The van der Waals surface area contributed by atoms with E-state index in [1.807, 2.05) is 32.9 Å². The van der Waals surface area contributed by atoms with Crippen LogP contribution in [0.3, 0.4) is 0 Å². The van der Waals surface area contributed by atoms with Gasteiger partial charge in [0.2, 0.25) is 5.91 Å². The average molecular weight is 378 g/mol. The van der Waals surface area contributed by atoms with Crippen molar-refractivity contribution in [3.63, 3.8) is 0 Å². The number of fused-ring (bicyclic) bond motifs is 1. The first kappa shape index (κ1) is 18.0. The van der Waals surface area contributed by atoms with E-state index in [9.17, 15) is 9.59 Å². The number of benzene rings is 1.